The molecule has 1 saturated heterocycles. The molecule has 1 aliphatic heterocycles. The van der Waals surface area contributed by atoms with Gasteiger partial charge in [0.2, 0.25) is 5.91 Å². The zero-order chi connectivity index (χ0) is 10.8. The van der Waals surface area contributed by atoms with Gasteiger partial charge in [-0.3, -0.25) is 4.79 Å². The monoisotopic (exact) mass is 203 g/mol. The summed E-state index contributed by atoms with van der Waals surface area (Å²) in [6.45, 7) is 2.00. The Labute approximate surface area is 85.9 Å². The highest BCUT2D eigenvalue weighted by Crippen LogP contribution is 2.04. The molecule has 0 bridgehead atoms. The molecule has 4 heteroatoms. The van der Waals surface area contributed by atoms with Gasteiger partial charge < -0.3 is 14.7 Å². The molecule has 1 fully saturated rings. The van der Waals surface area contributed by atoms with Crippen molar-refractivity contribution < 1.29 is 14.6 Å². The Hall–Kier alpha value is -0.610. The third-order valence-corrected chi connectivity index (χ3v) is 2.07. The van der Waals surface area contributed by atoms with Crippen molar-refractivity contribution in [2.45, 2.75) is 25.7 Å². The third kappa shape index (κ3) is 6.86. The molecular weight excluding hydrogens is 182 g/mol. The number of unbranched alkanes of at least 4 members (excludes halogenated alkanes) is 1. The average molecular weight is 203 g/mol. The number of ether oxygens (including phenoxy) is 1. The molecule has 0 spiro atoms. The van der Waals surface area contributed by atoms with Crippen LogP contribution in [0, 0.1) is 0 Å². The zero-order valence-electron chi connectivity index (χ0n) is 9.16. The van der Waals surface area contributed by atoms with Gasteiger partial charge in [-0.05, 0) is 19.3 Å². The molecule has 1 heterocycles. The minimum atomic E-state index is 0.281. The fourth-order valence-electron chi connectivity index (χ4n) is 1.14. The van der Waals surface area contributed by atoms with Crippen LogP contribution in [0.15, 0.2) is 0 Å². The summed E-state index contributed by atoms with van der Waals surface area (Å²) in [6.07, 6.45) is 3.63. The first-order valence-electron chi connectivity index (χ1n) is 5.06. The van der Waals surface area contributed by atoms with Crippen LogP contribution in [0.5, 0.6) is 0 Å². The summed E-state index contributed by atoms with van der Waals surface area (Å²) in [5.41, 5.74) is 0. The quantitative estimate of drug-likeness (QED) is 0.682. The van der Waals surface area contributed by atoms with Crippen LogP contribution in [0.3, 0.4) is 0 Å². The van der Waals surface area contributed by atoms with Gasteiger partial charge in [-0.25, -0.2) is 0 Å². The Morgan fingerprint density at radius 3 is 2.50 bits per heavy atom. The van der Waals surface area contributed by atoms with Crippen molar-refractivity contribution in [3.05, 3.63) is 0 Å². The highest BCUT2D eigenvalue weighted by atomic mass is 16.5. The van der Waals surface area contributed by atoms with Gasteiger partial charge >= 0.3 is 0 Å². The number of nitrogens with zero attached hydrogens (tertiary/aromatic N) is 1. The third-order valence-electron chi connectivity index (χ3n) is 2.07. The van der Waals surface area contributed by atoms with Gasteiger partial charge in [-0.15, -0.1) is 0 Å². The number of aliphatic hydroxyl groups is 1. The first-order valence-corrected chi connectivity index (χ1v) is 5.06. The standard InChI is InChI=1S/C5H9NO.C5H12O2/c1-6-4-2-3-5(6)7;1-7-5-3-2-4-6/h2-4H2,1H3;6H,2-5H2,1H3. The van der Waals surface area contributed by atoms with Crippen LogP contribution in [-0.4, -0.2) is 49.8 Å². The first-order chi connectivity index (χ1) is 6.72. The van der Waals surface area contributed by atoms with E-state index < -0.39 is 0 Å². The minimum absolute atomic E-state index is 0.281. The number of amides is 1. The maximum absolute atomic E-state index is 10.5. The summed E-state index contributed by atoms with van der Waals surface area (Å²) in [4.78, 5) is 12.3. The lowest BCUT2D eigenvalue weighted by molar-refractivity contribution is -0.126. The summed E-state index contributed by atoms with van der Waals surface area (Å²) in [5, 5.41) is 8.24. The van der Waals surface area contributed by atoms with E-state index in [1.807, 2.05) is 7.05 Å². The Kier molecular flexibility index (Phi) is 8.57. The average Bonchev–Trinajstić information content (AvgIpc) is 2.53. The van der Waals surface area contributed by atoms with Crippen molar-refractivity contribution >= 4 is 5.91 Å². The summed E-state index contributed by atoms with van der Waals surface area (Å²) >= 11 is 0. The Bertz CT molecular complexity index is 146. The summed E-state index contributed by atoms with van der Waals surface area (Å²) in [5.74, 6) is 0.292. The molecule has 0 aliphatic carbocycles. The molecule has 0 unspecified atom stereocenters. The number of methoxy groups -OCH3 is 1. The van der Waals surface area contributed by atoms with Crippen molar-refractivity contribution in [1.29, 1.82) is 0 Å². The Morgan fingerprint density at radius 1 is 1.50 bits per heavy atom. The van der Waals surface area contributed by atoms with Crippen molar-refractivity contribution in [3.63, 3.8) is 0 Å². The van der Waals surface area contributed by atoms with Crippen molar-refractivity contribution in [2.75, 3.05) is 33.9 Å². The van der Waals surface area contributed by atoms with Crippen LogP contribution in [0.2, 0.25) is 0 Å². The largest absolute Gasteiger partial charge is 0.396 e. The molecule has 1 rings (SSSR count). The van der Waals surface area contributed by atoms with Crippen LogP contribution in [-0.2, 0) is 9.53 Å². The molecule has 1 N–H and O–H groups in total. The van der Waals surface area contributed by atoms with E-state index in [0.29, 0.717) is 5.91 Å². The normalized spacial score (nSPS) is 15.4. The predicted molar refractivity (Wildman–Crippen MR) is 55.1 cm³/mol. The number of likely N-dealkylation sites (tertiary alicyclic amines) is 1. The van der Waals surface area contributed by atoms with Crippen LogP contribution in [0.4, 0.5) is 0 Å². The van der Waals surface area contributed by atoms with Crippen molar-refractivity contribution in [2.24, 2.45) is 0 Å². The van der Waals surface area contributed by atoms with Crippen molar-refractivity contribution in [3.8, 4) is 0 Å². The fraction of sp³-hybridized carbons (Fsp3) is 0.900. The molecule has 0 aromatic carbocycles. The van der Waals surface area contributed by atoms with Crippen molar-refractivity contribution in [1.82, 2.24) is 4.90 Å². The summed E-state index contributed by atoms with van der Waals surface area (Å²) in [6, 6.07) is 0. The van der Waals surface area contributed by atoms with Gasteiger partial charge in [0.05, 0.1) is 0 Å². The van der Waals surface area contributed by atoms with E-state index in [0.717, 1.165) is 38.8 Å². The molecule has 4 nitrogen and oxygen atoms in total. The topological polar surface area (TPSA) is 49.8 Å². The van der Waals surface area contributed by atoms with Crippen LogP contribution in [0.1, 0.15) is 25.7 Å². The molecule has 0 saturated carbocycles. The summed E-state index contributed by atoms with van der Waals surface area (Å²) in [7, 11) is 3.51. The van der Waals surface area contributed by atoms with E-state index in [-0.39, 0.29) is 6.61 Å². The second-order valence-electron chi connectivity index (χ2n) is 3.34. The number of carbonyl (C=O) groups excluding carboxylic acids is 1. The second kappa shape index (κ2) is 8.97. The van der Waals surface area contributed by atoms with Gasteiger partial charge in [0.25, 0.3) is 0 Å². The minimum Gasteiger partial charge on any atom is -0.396 e. The second-order valence-corrected chi connectivity index (χ2v) is 3.34. The molecule has 1 aliphatic rings. The number of rotatable bonds is 4. The molecule has 14 heavy (non-hydrogen) atoms. The van der Waals surface area contributed by atoms with Crippen LogP contribution in [0.25, 0.3) is 0 Å². The molecule has 0 aromatic rings. The van der Waals surface area contributed by atoms with Gasteiger partial charge in [-0.2, -0.15) is 0 Å². The molecule has 1 amide bonds. The predicted octanol–water partition coefficient (Wildman–Crippen LogP) is 0.644. The van der Waals surface area contributed by atoms with E-state index in [2.05, 4.69) is 0 Å². The molecule has 0 radical (unpaired) electrons. The van der Waals surface area contributed by atoms with E-state index in [9.17, 15) is 4.79 Å². The SMILES string of the molecule is CN1CCCC1=O.COCCCCO. The number of hydrogen-bond acceptors (Lipinski definition) is 3. The Morgan fingerprint density at radius 2 is 2.21 bits per heavy atom. The molecule has 0 atom stereocenters. The molecular formula is C10H21NO3. The lowest BCUT2D eigenvalue weighted by Gasteiger charge is -2.03. The first kappa shape index (κ1) is 13.4. The Balaban J connectivity index is 0.000000241. The highest BCUT2D eigenvalue weighted by molar-refractivity contribution is 5.77. The molecule has 84 valence electrons. The number of aliphatic hydroxyl groups excluding tert-OH is 1. The van der Waals surface area contributed by atoms with Gasteiger partial charge in [-0.1, -0.05) is 0 Å². The van der Waals surface area contributed by atoms with Crippen LogP contribution < -0.4 is 0 Å². The smallest absolute Gasteiger partial charge is 0.222 e. The maximum atomic E-state index is 10.5. The lowest BCUT2D eigenvalue weighted by Crippen LogP contribution is -2.17. The van der Waals surface area contributed by atoms with Gasteiger partial charge in [0.15, 0.2) is 0 Å². The van der Waals surface area contributed by atoms with E-state index >= 15 is 0 Å². The summed E-state index contributed by atoms with van der Waals surface area (Å²) < 4.78 is 4.73. The van der Waals surface area contributed by atoms with Gasteiger partial charge in [0.1, 0.15) is 0 Å². The lowest BCUT2D eigenvalue weighted by atomic mass is 10.3. The van der Waals surface area contributed by atoms with E-state index in [4.69, 9.17) is 9.84 Å². The van der Waals surface area contributed by atoms with E-state index in [1.165, 1.54) is 0 Å². The van der Waals surface area contributed by atoms with Gasteiger partial charge in [0, 0.05) is 40.3 Å². The fourth-order valence-corrected chi connectivity index (χ4v) is 1.14. The number of carbonyl (C=O) groups is 1. The van der Waals surface area contributed by atoms with Crippen LogP contribution >= 0.6 is 0 Å². The van der Waals surface area contributed by atoms with E-state index in [1.54, 1.807) is 12.0 Å². The maximum Gasteiger partial charge on any atom is 0.222 e. The number of hydrogen-bond donors (Lipinski definition) is 1. The molecule has 0 aromatic heterocycles. The zero-order valence-corrected chi connectivity index (χ0v) is 9.16. The highest BCUT2D eigenvalue weighted by Gasteiger charge is 2.14.